The molecule has 1 aromatic heterocycles. The second-order valence-corrected chi connectivity index (χ2v) is 9.50. The van der Waals surface area contributed by atoms with Crippen LogP contribution in [-0.2, 0) is 9.59 Å². The summed E-state index contributed by atoms with van der Waals surface area (Å²) < 4.78 is 0. The van der Waals surface area contributed by atoms with Gasteiger partial charge in [-0.2, -0.15) is 0 Å². The first-order valence-corrected chi connectivity index (χ1v) is 12.0. The molecule has 5 nitrogen and oxygen atoms in total. The van der Waals surface area contributed by atoms with Crippen LogP contribution < -0.4 is 10.6 Å². The van der Waals surface area contributed by atoms with E-state index in [1.54, 1.807) is 11.8 Å². The first-order valence-electron chi connectivity index (χ1n) is 10.1. The largest absolute Gasteiger partial charge is 0.350 e. The number of nitrogens with zero attached hydrogens (tertiary/aromatic N) is 1. The quantitative estimate of drug-likeness (QED) is 0.426. The van der Waals surface area contributed by atoms with Gasteiger partial charge in [-0.15, -0.1) is 23.1 Å². The Morgan fingerprint density at radius 2 is 1.84 bits per heavy atom. The van der Waals surface area contributed by atoms with Gasteiger partial charge in [0, 0.05) is 34.9 Å². The fourth-order valence-corrected chi connectivity index (χ4v) is 4.72. The molecule has 162 valence electrons. The third kappa shape index (κ3) is 6.67. The molecule has 0 aliphatic carbocycles. The molecule has 2 aromatic carbocycles. The van der Waals surface area contributed by atoms with Crippen LogP contribution in [0.5, 0.6) is 0 Å². The predicted octanol–water partition coefficient (Wildman–Crippen LogP) is 5.74. The van der Waals surface area contributed by atoms with Gasteiger partial charge in [0.2, 0.25) is 11.8 Å². The smallest absolute Gasteiger partial charge is 0.226 e. The average Bonchev–Trinajstić information content (AvgIpc) is 3.18. The van der Waals surface area contributed by atoms with Gasteiger partial charge in [0.1, 0.15) is 0 Å². The number of hydrogen-bond acceptors (Lipinski definition) is 5. The number of aromatic nitrogens is 1. The second-order valence-electron chi connectivity index (χ2n) is 7.47. The second kappa shape index (κ2) is 10.6. The minimum absolute atomic E-state index is 0.0308. The van der Waals surface area contributed by atoms with Crippen molar-refractivity contribution in [3.63, 3.8) is 0 Å². The number of carbonyl (C=O) groups is 2. The van der Waals surface area contributed by atoms with E-state index in [-0.39, 0.29) is 17.9 Å². The monoisotopic (exact) mass is 453 g/mol. The number of thiazole rings is 1. The molecule has 0 aliphatic rings. The molecule has 0 radical (unpaired) electrons. The molecular weight excluding hydrogens is 426 g/mol. The number of aryl methyl sites for hydroxylation is 2. The summed E-state index contributed by atoms with van der Waals surface area (Å²) in [6.07, 6.45) is 0.433. The van der Waals surface area contributed by atoms with Gasteiger partial charge in [-0.3, -0.25) is 9.59 Å². The molecule has 1 atom stereocenters. The summed E-state index contributed by atoms with van der Waals surface area (Å²) >= 11 is 3.11. The highest BCUT2D eigenvalue weighted by molar-refractivity contribution is 7.99. The molecular formula is C24H27N3O2S2. The summed E-state index contributed by atoms with van der Waals surface area (Å²) in [7, 11) is 0. The fourth-order valence-electron chi connectivity index (χ4n) is 3.04. The van der Waals surface area contributed by atoms with Crippen molar-refractivity contribution in [2.75, 3.05) is 11.1 Å². The molecule has 2 amide bonds. The lowest BCUT2D eigenvalue weighted by Gasteiger charge is -2.13. The summed E-state index contributed by atoms with van der Waals surface area (Å²) in [5.74, 6) is 0.640. The van der Waals surface area contributed by atoms with E-state index in [1.807, 2.05) is 36.6 Å². The van der Waals surface area contributed by atoms with Crippen LogP contribution in [-0.4, -0.2) is 22.6 Å². The first-order chi connectivity index (χ1) is 14.8. The molecule has 3 rings (SSSR count). The van der Waals surface area contributed by atoms with Gasteiger partial charge in [0.15, 0.2) is 5.13 Å². The number of nitrogens with one attached hydrogen (secondary N) is 2. The van der Waals surface area contributed by atoms with Gasteiger partial charge in [0.05, 0.1) is 11.7 Å². The lowest BCUT2D eigenvalue weighted by molar-refractivity contribution is -0.119. The van der Waals surface area contributed by atoms with E-state index in [9.17, 15) is 9.59 Å². The van der Waals surface area contributed by atoms with Crippen LogP contribution in [0, 0.1) is 13.8 Å². The molecule has 7 heteroatoms. The molecule has 2 N–H and O–H groups in total. The number of rotatable bonds is 8. The number of anilines is 1. The number of carbonyl (C=O) groups excluding carboxylic acids is 2. The molecule has 0 saturated heterocycles. The Bertz CT molecular complexity index is 1060. The Hall–Kier alpha value is -2.64. The van der Waals surface area contributed by atoms with Crippen LogP contribution in [0.2, 0.25) is 0 Å². The Morgan fingerprint density at radius 1 is 1.10 bits per heavy atom. The van der Waals surface area contributed by atoms with E-state index >= 15 is 0 Å². The highest BCUT2D eigenvalue weighted by atomic mass is 32.2. The van der Waals surface area contributed by atoms with Crippen molar-refractivity contribution >= 4 is 40.0 Å². The van der Waals surface area contributed by atoms with Crippen molar-refractivity contribution in [2.24, 2.45) is 0 Å². The summed E-state index contributed by atoms with van der Waals surface area (Å²) in [4.78, 5) is 29.2. The Balaban J connectivity index is 1.51. The SMILES string of the molecule is CC(=O)NC(C)c1ccc(-c2csc(NC(=O)CCSc3ccc(C)c(C)c3)n2)cc1. The van der Waals surface area contributed by atoms with Crippen LogP contribution >= 0.6 is 23.1 Å². The number of benzene rings is 2. The molecule has 0 saturated carbocycles. The first kappa shape index (κ1) is 23.0. The van der Waals surface area contributed by atoms with E-state index in [0.29, 0.717) is 11.6 Å². The topological polar surface area (TPSA) is 71.1 Å². The molecule has 0 spiro atoms. The lowest BCUT2D eigenvalue weighted by atomic mass is 10.1. The fraction of sp³-hybridized carbons (Fsp3) is 0.292. The summed E-state index contributed by atoms with van der Waals surface area (Å²) in [5.41, 5.74) is 5.37. The molecule has 3 aromatic rings. The van der Waals surface area contributed by atoms with E-state index < -0.39 is 0 Å². The van der Waals surface area contributed by atoms with Gasteiger partial charge in [-0.25, -0.2) is 4.98 Å². The zero-order valence-electron chi connectivity index (χ0n) is 18.2. The van der Waals surface area contributed by atoms with Crippen LogP contribution in [0.3, 0.4) is 0 Å². The van der Waals surface area contributed by atoms with Crippen molar-refractivity contribution in [1.82, 2.24) is 10.3 Å². The molecule has 0 fully saturated rings. The minimum Gasteiger partial charge on any atom is -0.350 e. The van der Waals surface area contributed by atoms with Gasteiger partial charge >= 0.3 is 0 Å². The van der Waals surface area contributed by atoms with Gasteiger partial charge < -0.3 is 10.6 Å². The Morgan fingerprint density at radius 3 is 2.52 bits per heavy atom. The minimum atomic E-state index is -0.0520. The number of hydrogen-bond donors (Lipinski definition) is 2. The molecule has 1 unspecified atom stereocenters. The van der Waals surface area contributed by atoms with Gasteiger partial charge in [-0.1, -0.05) is 30.3 Å². The van der Waals surface area contributed by atoms with E-state index in [4.69, 9.17) is 0 Å². The van der Waals surface area contributed by atoms with Gasteiger partial charge in [-0.05, 0) is 49.6 Å². The van der Waals surface area contributed by atoms with Crippen molar-refractivity contribution in [1.29, 1.82) is 0 Å². The van der Waals surface area contributed by atoms with Crippen LogP contribution in [0.4, 0.5) is 5.13 Å². The summed E-state index contributed by atoms with van der Waals surface area (Å²) in [6, 6.07) is 14.3. The Labute approximate surface area is 191 Å². The Kier molecular flexibility index (Phi) is 7.87. The van der Waals surface area contributed by atoms with Crippen LogP contribution in [0.1, 0.15) is 43.0 Å². The normalized spacial score (nSPS) is 11.7. The molecule has 1 heterocycles. The van der Waals surface area contributed by atoms with E-state index in [0.717, 1.165) is 22.6 Å². The van der Waals surface area contributed by atoms with Gasteiger partial charge in [0.25, 0.3) is 0 Å². The van der Waals surface area contributed by atoms with Crippen molar-refractivity contribution < 1.29 is 9.59 Å². The van der Waals surface area contributed by atoms with Crippen LogP contribution in [0.25, 0.3) is 11.3 Å². The maximum absolute atomic E-state index is 12.3. The van der Waals surface area contributed by atoms with Crippen LogP contribution in [0.15, 0.2) is 52.7 Å². The third-order valence-corrected chi connectivity index (χ3v) is 6.71. The molecule has 31 heavy (non-hydrogen) atoms. The van der Waals surface area contributed by atoms with Crippen molar-refractivity contribution in [3.8, 4) is 11.3 Å². The average molecular weight is 454 g/mol. The molecule has 0 aliphatic heterocycles. The highest BCUT2D eigenvalue weighted by Gasteiger charge is 2.10. The predicted molar refractivity (Wildman–Crippen MR) is 130 cm³/mol. The van der Waals surface area contributed by atoms with Crippen molar-refractivity contribution in [2.45, 2.75) is 45.1 Å². The number of thioether (sulfide) groups is 1. The van der Waals surface area contributed by atoms with E-state index in [1.165, 1.54) is 34.3 Å². The maximum Gasteiger partial charge on any atom is 0.226 e. The summed E-state index contributed by atoms with van der Waals surface area (Å²) in [5, 5.41) is 8.31. The highest BCUT2D eigenvalue weighted by Crippen LogP contribution is 2.27. The van der Waals surface area contributed by atoms with E-state index in [2.05, 4.69) is 47.7 Å². The maximum atomic E-state index is 12.3. The third-order valence-electron chi connectivity index (χ3n) is 4.95. The zero-order chi connectivity index (χ0) is 22.4. The number of amides is 2. The standard InChI is InChI=1S/C24H27N3O2S2/c1-15-5-10-21(13-16(15)2)30-12-11-23(29)27-24-26-22(14-31-24)20-8-6-19(7-9-20)17(3)25-18(4)28/h5-10,13-14,17H,11-12H2,1-4H3,(H,25,28)(H,26,27,29). The van der Waals surface area contributed by atoms with Crippen molar-refractivity contribution in [3.05, 3.63) is 64.5 Å². The molecule has 0 bridgehead atoms. The lowest BCUT2D eigenvalue weighted by Crippen LogP contribution is -2.23. The summed E-state index contributed by atoms with van der Waals surface area (Å²) in [6.45, 7) is 7.66. The zero-order valence-corrected chi connectivity index (χ0v) is 19.8.